The molecule has 0 radical (unpaired) electrons. The van der Waals surface area contributed by atoms with E-state index in [1.54, 1.807) is 24.3 Å². The number of benzene rings is 1. The topological polar surface area (TPSA) is 98.5 Å². The first-order chi connectivity index (χ1) is 11.0. The fraction of sp³-hybridized carbons (Fsp3) is 0.471. The summed E-state index contributed by atoms with van der Waals surface area (Å²) >= 11 is 0. The first-order valence-electron chi connectivity index (χ1n) is 7.72. The Morgan fingerprint density at radius 2 is 2.00 bits per heavy atom. The Morgan fingerprint density at radius 3 is 2.57 bits per heavy atom. The van der Waals surface area contributed by atoms with Gasteiger partial charge in [0.25, 0.3) is 5.91 Å². The van der Waals surface area contributed by atoms with E-state index in [2.05, 4.69) is 5.32 Å². The third-order valence-corrected chi connectivity index (χ3v) is 4.17. The normalized spacial score (nSPS) is 20.6. The first-order valence-corrected chi connectivity index (χ1v) is 7.72. The Kier molecular flexibility index (Phi) is 5.87. The van der Waals surface area contributed by atoms with Gasteiger partial charge in [-0.25, -0.2) is 0 Å². The van der Waals surface area contributed by atoms with Crippen LogP contribution < -0.4 is 11.1 Å². The van der Waals surface area contributed by atoms with Crippen molar-refractivity contribution in [2.24, 2.45) is 11.7 Å². The second kappa shape index (κ2) is 7.87. The lowest BCUT2D eigenvalue weighted by Crippen LogP contribution is -2.51. The number of ether oxygens (including phenoxy) is 1. The van der Waals surface area contributed by atoms with E-state index in [1.165, 1.54) is 7.11 Å². The molecule has 1 aromatic rings. The van der Waals surface area contributed by atoms with Crippen LogP contribution in [0.25, 0.3) is 0 Å². The minimum absolute atomic E-state index is 0.105. The molecule has 0 heterocycles. The van der Waals surface area contributed by atoms with Crippen molar-refractivity contribution < 1.29 is 19.1 Å². The lowest BCUT2D eigenvalue weighted by Gasteiger charge is -2.29. The molecular formula is C17H22N2O4. The van der Waals surface area contributed by atoms with E-state index < -0.39 is 24.0 Å². The SMILES string of the molecule is CO[C@@H](C(=O)N[C@H](C(N)=O)[C@H]1CCCC(=O)C1)c1ccccc1. The Labute approximate surface area is 135 Å². The molecule has 2 amide bonds. The van der Waals surface area contributed by atoms with E-state index in [0.717, 1.165) is 6.42 Å². The van der Waals surface area contributed by atoms with E-state index >= 15 is 0 Å². The largest absolute Gasteiger partial charge is 0.368 e. The van der Waals surface area contributed by atoms with Crippen LogP contribution in [0.5, 0.6) is 0 Å². The molecule has 1 aliphatic carbocycles. The number of rotatable bonds is 6. The summed E-state index contributed by atoms with van der Waals surface area (Å²) in [6.07, 6.45) is 1.40. The smallest absolute Gasteiger partial charge is 0.254 e. The zero-order chi connectivity index (χ0) is 16.8. The average molecular weight is 318 g/mol. The van der Waals surface area contributed by atoms with Gasteiger partial charge < -0.3 is 15.8 Å². The number of hydrogen-bond donors (Lipinski definition) is 2. The number of carbonyl (C=O) groups excluding carboxylic acids is 3. The van der Waals surface area contributed by atoms with Crippen molar-refractivity contribution in [3.05, 3.63) is 35.9 Å². The predicted octanol–water partition coefficient (Wildman–Crippen LogP) is 1.10. The highest BCUT2D eigenvalue weighted by Crippen LogP contribution is 2.25. The van der Waals surface area contributed by atoms with Crippen molar-refractivity contribution in [2.75, 3.05) is 7.11 Å². The van der Waals surface area contributed by atoms with E-state index in [-0.39, 0.29) is 18.1 Å². The molecule has 0 aromatic heterocycles. The number of Topliss-reactive ketones (excluding diaryl/α,β-unsaturated/α-hetero) is 1. The molecule has 0 bridgehead atoms. The molecule has 1 aliphatic rings. The molecule has 0 unspecified atom stereocenters. The summed E-state index contributed by atoms with van der Waals surface area (Å²) in [5, 5.41) is 2.67. The van der Waals surface area contributed by atoms with Crippen molar-refractivity contribution in [1.29, 1.82) is 0 Å². The van der Waals surface area contributed by atoms with E-state index in [0.29, 0.717) is 18.4 Å². The number of carbonyl (C=O) groups is 3. The molecule has 6 heteroatoms. The van der Waals surface area contributed by atoms with Crippen molar-refractivity contribution >= 4 is 17.6 Å². The molecule has 3 N–H and O–H groups in total. The van der Waals surface area contributed by atoms with Crippen LogP contribution in [-0.2, 0) is 19.1 Å². The quantitative estimate of drug-likeness (QED) is 0.820. The first kappa shape index (κ1) is 17.1. The van der Waals surface area contributed by atoms with Crippen LogP contribution >= 0.6 is 0 Å². The van der Waals surface area contributed by atoms with Gasteiger partial charge in [-0.05, 0) is 24.3 Å². The van der Waals surface area contributed by atoms with Gasteiger partial charge >= 0.3 is 0 Å². The maximum Gasteiger partial charge on any atom is 0.254 e. The average Bonchev–Trinajstić information content (AvgIpc) is 2.54. The van der Waals surface area contributed by atoms with Gasteiger partial charge in [0.05, 0.1) is 0 Å². The summed E-state index contributed by atoms with van der Waals surface area (Å²) in [6.45, 7) is 0. The molecular weight excluding hydrogens is 296 g/mol. The molecule has 124 valence electrons. The van der Waals surface area contributed by atoms with Gasteiger partial charge in [-0.3, -0.25) is 14.4 Å². The van der Waals surface area contributed by atoms with E-state index in [1.807, 2.05) is 6.07 Å². The van der Waals surface area contributed by atoms with Gasteiger partial charge in [-0.2, -0.15) is 0 Å². The van der Waals surface area contributed by atoms with Crippen LogP contribution in [0.4, 0.5) is 0 Å². The van der Waals surface area contributed by atoms with Crippen LogP contribution in [0.2, 0.25) is 0 Å². The minimum Gasteiger partial charge on any atom is -0.368 e. The molecule has 2 rings (SSSR count). The fourth-order valence-electron chi connectivity index (χ4n) is 3.02. The van der Waals surface area contributed by atoms with Crippen molar-refractivity contribution in [2.45, 2.75) is 37.8 Å². The van der Waals surface area contributed by atoms with Gasteiger partial charge in [-0.15, -0.1) is 0 Å². The Bertz CT molecular complexity index is 573. The Balaban J connectivity index is 2.10. The third-order valence-electron chi connectivity index (χ3n) is 4.17. The lowest BCUT2D eigenvalue weighted by molar-refractivity contribution is -0.136. The maximum absolute atomic E-state index is 12.5. The summed E-state index contributed by atoms with van der Waals surface area (Å²) in [5.41, 5.74) is 6.13. The molecule has 6 nitrogen and oxygen atoms in total. The van der Waals surface area contributed by atoms with Crippen LogP contribution in [0.15, 0.2) is 30.3 Å². The van der Waals surface area contributed by atoms with Crippen LogP contribution in [0, 0.1) is 5.92 Å². The molecule has 0 saturated heterocycles. The summed E-state index contributed by atoms with van der Waals surface area (Å²) in [6, 6.07) is 8.15. The summed E-state index contributed by atoms with van der Waals surface area (Å²) in [4.78, 5) is 35.8. The number of ketones is 1. The number of amides is 2. The molecule has 0 aliphatic heterocycles. The Morgan fingerprint density at radius 1 is 1.30 bits per heavy atom. The molecule has 1 fully saturated rings. The number of nitrogens with two attached hydrogens (primary N) is 1. The molecule has 0 spiro atoms. The van der Waals surface area contributed by atoms with E-state index in [4.69, 9.17) is 10.5 Å². The lowest BCUT2D eigenvalue weighted by atomic mass is 9.82. The van der Waals surface area contributed by atoms with Crippen LogP contribution in [-0.4, -0.2) is 30.7 Å². The Hall–Kier alpha value is -2.21. The van der Waals surface area contributed by atoms with Crippen molar-refractivity contribution in [3.63, 3.8) is 0 Å². The monoisotopic (exact) mass is 318 g/mol. The van der Waals surface area contributed by atoms with Gasteiger partial charge in [0.1, 0.15) is 11.8 Å². The van der Waals surface area contributed by atoms with Gasteiger partial charge in [0.2, 0.25) is 5.91 Å². The summed E-state index contributed by atoms with van der Waals surface area (Å²) in [7, 11) is 1.43. The molecule has 23 heavy (non-hydrogen) atoms. The zero-order valence-electron chi connectivity index (χ0n) is 13.2. The number of nitrogens with one attached hydrogen (secondary N) is 1. The fourth-order valence-corrected chi connectivity index (χ4v) is 3.02. The molecule has 3 atom stereocenters. The van der Waals surface area contributed by atoms with Gasteiger partial charge in [-0.1, -0.05) is 30.3 Å². The highest BCUT2D eigenvalue weighted by molar-refractivity contribution is 5.90. The van der Waals surface area contributed by atoms with Gasteiger partial charge in [0, 0.05) is 20.0 Å². The molecule has 1 saturated carbocycles. The minimum atomic E-state index is -0.854. The second-order valence-corrected chi connectivity index (χ2v) is 5.81. The number of hydrogen-bond acceptors (Lipinski definition) is 4. The van der Waals surface area contributed by atoms with Crippen LogP contribution in [0.1, 0.15) is 37.4 Å². The summed E-state index contributed by atoms with van der Waals surface area (Å²) < 4.78 is 5.26. The van der Waals surface area contributed by atoms with Crippen molar-refractivity contribution in [3.8, 4) is 0 Å². The maximum atomic E-state index is 12.5. The van der Waals surface area contributed by atoms with Crippen LogP contribution in [0.3, 0.4) is 0 Å². The second-order valence-electron chi connectivity index (χ2n) is 5.81. The number of primary amides is 1. The van der Waals surface area contributed by atoms with Gasteiger partial charge in [0.15, 0.2) is 6.10 Å². The molecule has 1 aromatic carbocycles. The highest BCUT2D eigenvalue weighted by Gasteiger charge is 2.34. The highest BCUT2D eigenvalue weighted by atomic mass is 16.5. The third kappa shape index (κ3) is 4.39. The summed E-state index contributed by atoms with van der Waals surface area (Å²) in [5.74, 6) is -1.19. The van der Waals surface area contributed by atoms with Crippen molar-refractivity contribution in [1.82, 2.24) is 5.32 Å². The predicted molar refractivity (Wildman–Crippen MR) is 84.3 cm³/mol. The van der Waals surface area contributed by atoms with E-state index in [9.17, 15) is 14.4 Å². The standard InChI is InChI=1S/C17H22N2O4/c1-23-15(11-6-3-2-4-7-11)17(22)19-14(16(18)21)12-8-5-9-13(20)10-12/h2-4,6-7,12,14-15H,5,8-10H2,1H3,(H2,18,21)(H,19,22)/t12-,14-,15+/m0/s1. The zero-order valence-corrected chi connectivity index (χ0v) is 13.2. The number of methoxy groups -OCH3 is 1.